The molecule has 1 aromatic rings. The molecule has 164 valence electrons. The van der Waals surface area contributed by atoms with Gasteiger partial charge in [-0.3, -0.25) is 4.79 Å². The summed E-state index contributed by atoms with van der Waals surface area (Å²) in [5.74, 6) is -0.104. The molecule has 6 nitrogen and oxygen atoms in total. The van der Waals surface area contributed by atoms with E-state index in [1.807, 2.05) is 30.4 Å². The van der Waals surface area contributed by atoms with Crippen molar-refractivity contribution in [2.45, 2.75) is 39.3 Å². The van der Waals surface area contributed by atoms with Crippen LogP contribution in [-0.2, 0) is 24.3 Å². The first kappa shape index (κ1) is 21.5. The molecule has 0 saturated heterocycles. The number of ketones is 1. The molecule has 1 aromatic carbocycles. The van der Waals surface area contributed by atoms with Crippen molar-refractivity contribution in [2.24, 2.45) is 22.7 Å². The van der Waals surface area contributed by atoms with Gasteiger partial charge >= 0.3 is 0 Å². The molecule has 0 spiro atoms. The first-order chi connectivity index (χ1) is 14.2. The smallest absolute Gasteiger partial charge is 0.238 e. The van der Waals surface area contributed by atoms with E-state index in [-0.39, 0.29) is 28.8 Å². The highest BCUT2D eigenvalue weighted by atomic mass is 32.2. The highest BCUT2D eigenvalue weighted by Crippen LogP contribution is 2.64. The number of methoxy groups -OCH3 is 2. The normalized spacial score (nSPS) is 32.3. The molecule has 0 amide bonds. The zero-order valence-electron chi connectivity index (χ0n) is 18.1. The molecule has 30 heavy (non-hydrogen) atoms. The van der Waals surface area contributed by atoms with Gasteiger partial charge in [-0.05, 0) is 35.8 Å². The predicted octanol–water partition coefficient (Wildman–Crippen LogP) is 3.48. The molecule has 2 bridgehead atoms. The van der Waals surface area contributed by atoms with E-state index in [4.69, 9.17) is 9.47 Å². The van der Waals surface area contributed by atoms with Crippen molar-refractivity contribution in [2.75, 3.05) is 30.9 Å². The van der Waals surface area contributed by atoms with Crippen LogP contribution in [0.5, 0.6) is 0 Å². The number of Topliss-reactive ketones (excluding diaryl/α,β-unsaturated/α-hetero) is 1. The Morgan fingerprint density at radius 1 is 1.20 bits per heavy atom. The average molecular weight is 434 g/mol. The van der Waals surface area contributed by atoms with Gasteiger partial charge in [-0.2, -0.15) is 0 Å². The fourth-order valence-corrected chi connectivity index (χ4v) is 8.32. The number of hydrogen-bond acceptors (Lipinski definition) is 5. The van der Waals surface area contributed by atoms with Crippen LogP contribution in [-0.4, -0.2) is 47.0 Å². The van der Waals surface area contributed by atoms with Gasteiger partial charge in [0.25, 0.3) is 0 Å². The average Bonchev–Trinajstić information content (AvgIpc) is 2.95. The number of anilines is 1. The largest absolute Gasteiger partial charge is 0.384 e. The van der Waals surface area contributed by atoms with Crippen LogP contribution in [0.25, 0.3) is 6.08 Å². The molecule has 4 rings (SSSR count). The van der Waals surface area contributed by atoms with Gasteiger partial charge in [0.1, 0.15) is 5.78 Å². The van der Waals surface area contributed by atoms with E-state index < -0.39 is 21.7 Å². The summed E-state index contributed by atoms with van der Waals surface area (Å²) in [4.78, 5) is 13.0. The van der Waals surface area contributed by atoms with Crippen molar-refractivity contribution in [1.29, 1.82) is 0 Å². The molecule has 0 aromatic heterocycles. The second-order valence-corrected chi connectivity index (χ2v) is 11.2. The van der Waals surface area contributed by atoms with Crippen LogP contribution in [0.1, 0.15) is 38.7 Å². The second kappa shape index (κ2) is 7.46. The van der Waals surface area contributed by atoms with E-state index in [2.05, 4.69) is 13.8 Å². The lowest BCUT2D eigenvalue weighted by molar-refractivity contribution is -0.128. The SMILES string of the molecule is COCC1C=Cc2ccccc2N(S(=O)(=O)C[C@]23CC[C@H](CC2=O)C3(C)C)C1OC. The minimum absolute atomic E-state index is 0.0935. The minimum Gasteiger partial charge on any atom is -0.384 e. The van der Waals surface area contributed by atoms with Crippen molar-refractivity contribution in [3.63, 3.8) is 0 Å². The van der Waals surface area contributed by atoms with Gasteiger partial charge in [0, 0.05) is 26.6 Å². The van der Waals surface area contributed by atoms with Gasteiger partial charge in [-0.1, -0.05) is 44.2 Å². The lowest BCUT2D eigenvalue weighted by atomic mass is 9.70. The van der Waals surface area contributed by atoms with E-state index in [1.165, 1.54) is 11.4 Å². The topological polar surface area (TPSA) is 72.9 Å². The van der Waals surface area contributed by atoms with Crippen LogP contribution in [0, 0.1) is 22.7 Å². The first-order valence-corrected chi connectivity index (χ1v) is 12.1. The lowest BCUT2D eigenvalue weighted by Gasteiger charge is -2.40. The Labute approximate surface area is 179 Å². The number of para-hydroxylation sites is 1. The summed E-state index contributed by atoms with van der Waals surface area (Å²) in [5, 5.41) is 0. The summed E-state index contributed by atoms with van der Waals surface area (Å²) in [6, 6.07) is 7.41. The number of carbonyl (C=O) groups excluding carboxylic acids is 1. The zero-order valence-corrected chi connectivity index (χ0v) is 18.9. The Morgan fingerprint density at radius 3 is 2.53 bits per heavy atom. The van der Waals surface area contributed by atoms with Crippen molar-refractivity contribution < 1.29 is 22.7 Å². The number of fused-ring (bicyclic) bond motifs is 3. The van der Waals surface area contributed by atoms with E-state index in [1.54, 1.807) is 13.2 Å². The number of carbonyl (C=O) groups is 1. The first-order valence-electron chi connectivity index (χ1n) is 10.5. The Bertz CT molecular complexity index is 970. The molecule has 2 saturated carbocycles. The third kappa shape index (κ3) is 3.05. The Morgan fingerprint density at radius 2 is 1.93 bits per heavy atom. The Balaban J connectivity index is 1.81. The maximum atomic E-state index is 14.0. The van der Waals surface area contributed by atoms with Crippen molar-refractivity contribution in [3.8, 4) is 0 Å². The molecule has 1 aliphatic heterocycles. The van der Waals surface area contributed by atoms with Crippen LogP contribution in [0.15, 0.2) is 30.3 Å². The molecular weight excluding hydrogens is 402 g/mol. The van der Waals surface area contributed by atoms with Crippen molar-refractivity contribution >= 4 is 27.6 Å². The predicted molar refractivity (Wildman–Crippen MR) is 116 cm³/mol. The summed E-state index contributed by atoms with van der Waals surface area (Å²) in [7, 11) is -0.760. The number of rotatable bonds is 6. The Hall–Kier alpha value is -1.70. The summed E-state index contributed by atoms with van der Waals surface area (Å²) < 4.78 is 40.5. The molecule has 2 unspecified atom stereocenters. The molecule has 2 aliphatic carbocycles. The molecule has 0 radical (unpaired) electrons. The van der Waals surface area contributed by atoms with Gasteiger partial charge in [0.15, 0.2) is 6.23 Å². The molecule has 4 atom stereocenters. The number of nitrogens with zero attached hydrogens (tertiary/aromatic N) is 1. The van der Waals surface area contributed by atoms with Crippen LogP contribution in [0.3, 0.4) is 0 Å². The van der Waals surface area contributed by atoms with Crippen LogP contribution in [0.4, 0.5) is 5.69 Å². The fourth-order valence-electron chi connectivity index (χ4n) is 5.86. The van der Waals surface area contributed by atoms with E-state index in [0.717, 1.165) is 12.0 Å². The molecule has 0 N–H and O–H groups in total. The zero-order chi connectivity index (χ0) is 21.7. The number of sulfonamides is 1. The quantitative estimate of drug-likeness (QED) is 0.687. The second-order valence-electron chi connectivity index (χ2n) is 9.38. The summed E-state index contributed by atoms with van der Waals surface area (Å²) in [6.45, 7) is 4.45. The van der Waals surface area contributed by atoms with E-state index >= 15 is 0 Å². The number of ether oxygens (including phenoxy) is 2. The van der Waals surface area contributed by atoms with Gasteiger partial charge in [-0.15, -0.1) is 0 Å². The molecule has 1 heterocycles. The van der Waals surface area contributed by atoms with Gasteiger partial charge in [0.05, 0.1) is 23.5 Å². The van der Waals surface area contributed by atoms with Crippen LogP contribution >= 0.6 is 0 Å². The van der Waals surface area contributed by atoms with Crippen molar-refractivity contribution in [3.05, 3.63) is 35.9 Å². The lowest BCUT2D eigenvalue weighted by Crippen LogP contribution is -2.52. The van der Waals surface area contributed by atoms with Crippen LogP contribution in [0.2, 0.25) is 0 Å². The third-order valence-corrected chi connectivity index (χ3v) is 9.62. The Kier molecular flexibility index (Phi) is 5.36. The van der Waals surface area contributed by atoms with Crippen LogP contribution < -0.4 is 4.31 Å². The fraction of sp³-hybridized carbons (Fsp3) is 0.609. The van der Waals surface area contributed by atoms with Gasteiger partial charge in [-0.25, -0.2) is 12.7 Å². The van der Waals surface area contributed by atoms with Crippen molar-refractivity contribution in [1.82, 2.24) is 0 Å². The third-order valence-electron chi connectivity index (χ3n) is 7.76. The monoisotopic (exact) mass is 433 g/mol. The summed E-state index contributed by atoms with van der Waals surface area (Å²) >= 11 is 0. The maximum Gasteiger partial charge on any atom is 0.238 e. The minimum atomic E-state index is -3.87. The van der Waals surface area contributed by atoms with E-state index in [0.29, 0.717) is 25.1 Å². The molecule has 7 heteroatoms. The highest BCUT2D eigenvalue weighted by molar-refractivity contribution is 7.92. The molecule has 3 aliphatic rings. The number of hydrogen-bond donors (Lipinski definition) is 0. The maximum absolute atomic E-state index is 14.0. The number of benzene rings is 1. The van der Waals surface area contributed by atoms with Gasteiger partial charge < -0.3 is 9.47 Å². The molecule has 2 fully saturated rings. The summed E-state index contributed by atoms with van der Waals surface area (Å²) in [5.41, 5.74) is 0.226. The standard InChI is InChI=1S/C23H31NO5S/c1-22(2)18-11-12-23(22,20(25)13-18)15-30(26,27)24-19-8-6-5-7-16(19)9-10-17(14-28-3)21(24)29-4/h5-10,17-18,21H,11-15H2,1-4H3/t17?,18-,21?,23-/m1/s1. The molecular formula is C23H31NO5S. The van der Waals surface area contributed by atoms with Gasteiger partial charge in [0.2, 0.25) is 10.0 Å². The highest BCUT2D eigenvalue weighted by Gasteiger charge is 2.66. The summed E-state index contributed by atoms with van der Waals surface area (Å²) in [6.07, 6.45) is 5.15. The van der Waals surface area contributed by atoms with E-state index in [9.17, 15) is 13.2 Å².